The molecule has 0 bridgehead atoms. The predicted molar refractivity (Wildman–Crippen MR) is 64.8 cm³/mol. The molecule has 1 aliphatic rings. The molecule has 0 aromatic heterocycles. The first-order chi connectivity index (χ1) is 8.08. The second-order valence-electron chi connectivity index (χ2n) is 4.93. The van der Waals surface area contributed by atoms with Crippen LogP contribution in [0.3, 0.4) is 0 Å². The minimum absolute atomic E-state index is 0.0371. The summed E-state index contributed by atoms with van der Waals surface area (Å²) < 4.78 is 0. The lowest BCUT2D eigenvalue weighted by Gasteiger charge is -2.25. The average molecular weight is 242 g/mol. The Kier molecular flexibility index (Phi) is 5.80. The van der Waals surface area contributed by atoms with Crippen LogP contribution in [-0.4, -0.2) is 30.2 Å². The molecule has 0 saturated heterocycles. The quantitative estimate of drug-likeness (QED) is 0.634. The number of urea groups is 1. The number of aliphatic carboxylic acids is 1. The van der Waals surface area contributed by atoms with E-state index in [9.17, 15) is 9.59 Å². The molecule has 0 aromatic carbocycles. The fourth-order valence-electron chi connectivity index (χ4n) is 1.87. The number of carboxylic acids is 1. The van der Waals surface area contributed by atoms with Crippen molar-refractivity contribution in [2.75, 3.05) is 13.1 Å². The van der Waals surface area contributed by atoms with Crippen LogP contribution < -0.4 is 10.6 Å². The second kappa shape index (κ2) is 7.14. The van der Waals surface area contributed by atoms with Crippen molar-refractivity contribution in [3.8, 4) is 0 Å². The lowest BCUT2D eigenvalue weighted by atomic mass is 9.83. The highest BCUT2D eigenvalue weighted by atomic mass is 16.4. The first-order valence-electron chi connectivity index (χ1n) is 6.31. The minimum atomic E-state index is -0.829. The molecule has 1 fully saturated rings. The Morgan fingerprint density at radius 2 is 2.06 bits per heavy atom. The van der Waals surface area contributed by atoms with Gasteiger partial charge in [0, 0.05) is 19.5 Å². The Bertz CT molecular complexity index is 264. The Morgan fingerprint density at radius 1 is 1.35 bits per heavy atom. The molecule has 0 aliphatic heterocycles. The Hall–Kier alpha value is -1.26. The molecule has 1 rings (SSSR count). The molecular formula is C12H22N2O3. The molecule has 0 spiro atoms. The highest BCUT2D eigenvalue weighted by Gasteiger charge is 2.16. The van der Waals surface area contributed by atoms with Gasteiger partial charge >= 0.3 is 12.0 Å². The number of hydrogen-bond donors (Lipinski definition) is 3. The maximum absolute atomic E-state index is 11.4. The van der Waals surface area contributed by atoms with Crippen molar-refractivity contribution in [3.05, 3.63) is 0 Å². The zero-order chi connectivity index (χ0) is 12.7. The largest absolute Gasteiger partial charge is 0.481 e. The number of hydrogen-bond acceptors (Lipinski definition) is 2. The number of nitrogens with one attached hydrogen (secondary N) is 2. The summed E-state index contributed by atoms with van der Waals surface area (Å²) >= 11 is 0. The lowest BCUT2D eigenvalue weighted by Crippen LogP contribution is -2.39. The zero-order valence-electron chi connectivity index (χ0n) is 10.4. The third-order valence-corrected chi connectivity index (χ3v) is 3.20. The smallest absolute Gasteiger partial charge is 0.314 e. The van der Waals surface area contributed by atoms with E-state index in [-0.39, 0.29) is 18.4 Å². The summed E-state index contributed by atoms with van der Waals surface area (Å²) in [5.74, 6) is -0.0733. The molecule has 0 aromatic rings. The van der Waals surface area contributed by atoms with E-state index in [1.807, 2.05) is 6.92 Å². The van der Waals surface area contributed by atoms with Crippen LogP contribution in [0.25, 0.3) is 0 Å². The summed E-state index contributed by atoms with van der Waals surface area (Å²) in [6, 6.07) is -0.193. The summed E-state index contributed by atoms with van der Waals surface area (Å²) in [5, 5.41) is 14.0. The van der Waals surface area contributed by atoms with Gasteiger partial charge in [0.2, 0.25) is 0 Å². The summed E-state index contributed by atoms with van der Waals surface area (Å²) in [7, 11) is 0. The summed E-state index contributed by atoms with van der Waals surface area (Å²) in [6.07, 6.45) is 5.04. The Labute approximate surface area is 102 Å². The van der Waals surface area contributed by atoms with Gasteiger partial charge in [-0.2, -0.15) is 0 Å². The summed E-state index contributed by atoms with van der Waals surface area (Å²) in [5.41, 5.74) is 0. The first kappa shape index (κ1) is 13.8. The van der Waals surface area contributed by atoms with Gasteiger partial charge in [-0.15, -0.1) is 0 Å². The highest BCUT2D eigenvalue weighted by Crippen LogP contribution is 2.28. The van der Waals surface area contributed by atoms with E-state index in [0.29, 0.717) is 13.1 Å². The Balaban J connectivity index is 1.98. The minimum Gasteiger partial charge on any atom is -0.481 e. The molecule has 1 saturated carbocycles. The van der Waals surface area contributed by atoms with Gasteiger partial charge in [-0.3, -0.25) is 4.79 Å². The van der Waals surface area contributed by atoms with Crippen LogP contribution >= 0.6 is 0 Å². The van der Waals surface area contributed by atoms with Gasteiger partial charge in [-0.1, -0.05) is 26.2 Å². The van der Waals surface area contributed by atoms with Crippen LogP contribution in [0.4, 0.5) is 4.79 Å². The molecule has 0 radical (unpaired) electrons. The SMILES string of the molecule is CC(CNC(=O)NCCC1CCC1)CC(=O)O. The lowest BCUT2D eigenvalue weighted by molar-refractivity contribution is -0.137. The van der Waals surface area contributed by atoms with Crippen molar-refractivity contribution in [3.63, 3.8) is 0 Å². The molecule has 5 heteroatoms. The van der Waals surface area contributed by atoms with Gasteiger partial charge in [-0.05, 0) is 18.3 Å². The van der Waals surface area contributed by atoms with E-state index in [0.717, 1.165) is 12.3 Å². The molecule has 1 unspecified atom stereocenters. The van der Waals surface area contributed by atoms with Crippen molar-refractivity contribution in [1.29, 1.82) is 0 Å². The van der Waals surface area contributed by atoms with Crippen LogP contribution in [-0.2, 0) is 4.79 Å². The first-order valence-corrected chi connectivity index (χ1v) is 6.31. The normalized spacial score (nSPS) is 17.0. The molecule has 2 amide bonds. The third-order valence-electron chi connectivity index (χ3n) is 3.20. The van der Waals surface area contributed by atoms with Crippen LogP contribution in [0.1, 0.15) is 39.0 Å². The van der Waals surface area contributed by atoms with Crippen molar-refractivity contribution in [2.45, 2.75) is 39.0 Å². The number of rotatable bonds is 7. The molecule has 17 heavy (non-hydrogen) atoms. The van der Waals surface area contributed by atoms with Crippen LogP contribution in [0.5, 0.6) is 0 Å². The van der Waals surface area contributed by atoms with Crippen molar-refractivity contribution in [1.82, 2.24) is 10.6 Å². The highest BCUT2D eigenvalue weighted by molar-refractivity contribution is 5.73. The van der Waals surface area contributed by atoms with E-state index in [1.165, 1.54) is 19.3 Å². The maximum Gasteiger partial charge on any atom is 0.314 e. The molecule has 1 aliphatic carbocycles. The van der Waals surface area contributed by atoms with Crippen molar-refractivity contribution in [2.24, 2.45) is 11.8 Å². The topological polar surface area (TPSA) is 78.4 Å². The molecule has 0 heterocycles. The number of amides is 2. The average Bonchev–Trinajstić information content (AvgIpc) is 2.18. The van der Waals surface area contributed by atoms with Gasteiger partial charge < -0.3 is 15.7 Å². The Morgan fingerprint density at radius 3 is 2.59 bits per heavy atom. The van der Waals surface area contributed by atoms with Crippen LogP contribution in [0.2, 0.25) is 0 Å². The van der Waals surface area contributed by atoms with E-state index < -0.39 is 5.97 Å². The molecule has 3 N–H and O–H groups in total. The number of carboxylic acid groups (broad SMARTS) is 1. The monoisotopic (exact) mass is 242 g/mol. The van der Waals surface area contributed by atoms with E-state index in [4.69, 9.17) is 5.11 Å². The standard InChI is InChI=1S/C12H22N2O3/c1-9(7-11(15)16)8-14-12(17)13-6-5-10-3-2-4-10/h9-10H,2-8H2,1H3,(H,15,16)(H2,13,14,17). The zero-order valence-corrected chi connectivity index (χ0v) is 10.4. The van der Waals surface area contributed by atoms with E-state index in [2.05, 4.69) is 10.6 Å². The van der Waals surface area contributed by atoms with Crippen molar-refractivity contribution < 1.29 is 14.7 Å². The third kappa shape index (κ3) is 6.14. The molecular weight excluding hydrogens is 220 g/mol. The van der Waals surface area contributed by atoms with Gasteiger partial charge in [0.05, 0.1) is 0 Å². The van der Waals surface area contributed by atoms with Crippen LogP contribution in [0, 0.1) is 11.8 Å². The maximum atomic E-state index is 11.4. The molecule has 5 nitrogen and oxygen atoms in total. The van der Waals surface area contributed by atoms with E-state index >= 15 is 0 Å². The predicted octanol–water partition coefficient (Wildman–Crippen LogP) is 1.59. The fourth-order valence-corrected chi connectivity index (χ4v) is 1.87. The summed E-state index contributed by atoms with van der Waals surface area (Å²) in [6.45, 7) is 2.92. The second-order valence-corrected chi connectivity index (χ2v) is 4.93. The van der Waals surface area contributed by atoms with Gasteiger partial charge in [-0.25, -0.2) is 4.79 Å². The fraction of sp³-hybridized carbons (Fsp3) is 0.833. The number of carbonyl (C=O) groups is 2. The van der Waals surface area contributed by atoms with Crippen molar-refractivity contribution >= 4 is 12.0 Å². The van der Waals surface area contributed by atoms with Gasteiger partial charge in [0.1, 0.15) is 0 Å². The summed E-state index contributed by atoms with van der Waals surface area (Å²) in [4.78, 5) is 21.8. The van der Waals surface area contributed by atoms with Gasteiger partial charge in [0.25, 0.3) is 0 Å². The van der Waals surface area contributed by atoms with Crippen LogP contribution in [0.15, 0.2) is 0 Å². The molecule has 98 valence electrons. The molecule has 1 atom stereocenters. The van der Waals surface area contributed by atoms with E-state index in [1.54, 1.807) is 0 Å². The van der Waals surface area contributed by atoms with Gasteiger partial charge in [0.15, 0.2) is 0 Å². The number of carbonyl (C=O) groups excluding carboxylic acids is 1.